The third kappa shape index (κ3) is 2.90. The quantitative estimate of drug-likeness (QED) is 0.720. The van der Waals surface area contributed by atoms with Crippen LogP contribution in [0.1, 0.15) is 11.1 Å². The van der Waals surface area contributed by atoms with Crippen LogP contribution in [0, 0.1) is 6.92 Å². The van der Waals surface area contributed by atoms with Gasteiger partial charge in [0, 0.05) is 37.1 Å². The van der Waals surface area contributed by atoms with E-state index in [-0.39, 0.29) is 5.56 Å². The van der Waals surface area contributed by atoms with Crippen LogP contribution in [0.2, 0.25) is 0 Å². The number of nitrogens with zero attached hydrogens (tertiary/aromatic N) is 3. The average molecular weight is 358 g/mol. The van der Waals surface area contributed by atoms with Gasteiger partial charge in [-0.3, -0.25) is 4.79 Å². The molecule has 0 aliphatic heterocycles. The first-order chi connectivity index (χ1) is 10.5. The number of aryl methyl sites for hydroxylation is 2. The van der Waals surface area contributed by atoms with Crippen molar-refractivity contribution in [2.75, 3.05) is 0 Å². The van der Waals surface area contributed by atoms with Crippen LogP contribution in [-0.2, 0) is 13.6 Å². The number of aromatic nitrogens is 3. The Morgan fingerprint density at radius 1 is 1.18 bits per heavy atom. The van der Waals surface area contributed by atoms with E-state index in [1.807, 2.05) is 43.6 Å². The molecule has 112 valence electrons. The van der Waals surface area contributed by atoms with Gasteiger partial charge in [-0.1, -0.05) is 30.3 Å². The molecule has 0 aliphatic carbocycles. The van der Waals surface area contributed by atoms with Crippen LogP contribution in [0.25, 0.3) is 11.4 Å². The fourth-order valence-corrected chi connectivity index (χ4v) is 2.93. The van der Waals surface area contributed by atoms with Crippen LogP contribution in [0.4, 0.5) is 0 Å². The lowest BCUT2D eigenvalue weighted by Crippen LogP contribution is -2.18. The average Bonchev–Trinajstić information content (AvgIpc) is 2.86. The number of hydrogen-bond donors (Lipinski definition) is 0. The number of rotatable bonds is 3. The Bertz CT molecular complexity index is 839. The van der Waals surface area contributed by atoms with Gasteiger partial charge in [-0.2, -0.15) is 0 Å². The minimum Gasteiger partial charge on any atom is -0.325 e. The van der Waals surface area contributed by atoms with Gasteiger partial charge in [0.05, 0.1) is 0 Å². The summed E-state index contributed by atoms with van der Waals surface area (Å²) in [6.45, 7) is 2.56. The van der Waals surface area contributed by atoms with E-state index in [9.17, 15) is 4.79 Å². The highest BCUT2D eigenvalue weighted by Crippen LogP contribution is 2.22. The number of halogens is 1. The molecule has 2 aromatic heterocycles. The molecule has 22 heavy (non-hydrogen) atoms. The predicted octanol–water partition coefficient (Wildman–Crippen LogP) is 3.37. The number of hydrogen-bond acceptors (Lipinski definition) is 2. The topological polar surface area (TPSA) is 39.8 Å². The summed E-state index contributed by atoms with van der Waals surface area (Å²) in [4.78, 5) is 16.4. The summed E-state index contributed by atoms with van der Waals surface area (Å²) in [5.41, 5.74) is 2.87. The monoisotopic (exact) mass is 357 g/mol. The van der Waals surface area contributed by atoms with Crippen molar-refractivity contribution in [3.05, 3.63) is 74.9 Å². The lowest BCUT2D eigenvalue weighted by Gasteiger charge is -2.10. The molecule has 2 heterocycles. The van der Waals surface area contributed by atoms with Crippen molar-refractivity contribution < 1.29 is 0 Å². The van der Waals surface area contributed by atoms with Crippen LogP contribution in [0.5, 0.6) is 0 Å². The minimum absolute atomic E-state index is 0.0176. The molecule has 0 amide bonds. The van der Waals surface area contributed by atoms with E-state index in [4.69, 9.17) is 0 Å². The first-order valence-corrected chi connectivity index (χ1v) is 7.78. The maximum absolute atomic E-state index is 11.9. The molecule has 0 bridgehead atoms. The summed E-state index contributed by atoms with van der Waals surface area (Å²) in [7, 11) is 1.76. The first-order valence-electron chi connectivity index (χ1n) is 6.99. The fraction of sp³-hybridized carbons (Fsp3) is 0.176. The second-order valence-corrected chi connectivity index (χ2v) is 6.14. The summed E-state index contributed by atoms with van der Waals surface area (Å²) in [5.74, 6) is 0.842. The Balaban J connectivity index is 2.07. The van der Waals surface area contributed by atoms with Crippen LogP contribution in [0.15, 0.2) is 58.2 Å². The number of benzene rings is 1. The van der Waals surface area contributed by atoms with Crippen molar-refractivity contribution >= 4 is 15.9 Å². The highest BCUT2D eigenvalue weighted by atomic mass is 79.9. The largest absolute Gasteiger partial charge is 0.325 e. The van der Waals surface area contributed by atoms with Gasteiger partial charge in [-0.15, -0.1) is 0 Å². The Hall–Kier alpha value is -2.14. The normalized spacial score (nSPS) is 10.9. The lowest BCUT2D eigenvalue weighted by molar-refractivity contribution is 0.798. The molecular weight excluding hydrogens is 342 g/mol. The molecular formula is C17H16BrN3O. The summed E-state index contributed by atoms with van der Waals surface area (Å²) in [5, 5.41) is 0. The first kappa shape index (κ1) is 14.8. The van der Waals surface area contributed by atoms with Crippen LogP contribution >= 0.6 is 15.9 Å². The summed E-state index contributed by atoms with van der Waals surface area (Å²) < 4.78 is 4.46. The van der Waals surface area contributed by atoms with E-state index in [1.165, 1.54) is 5.56 Å². The van der Waals surface area contributed by atoms with Crippen molar-refractivity contribution in [2.24, 2.45) is 7.05 Å². The van der Waals surface area contributed by atoms with E-state index in [0.29, 0.717) is 5.56 Å². The van der Waals surface area contributed by atoms with Gasteiger partial charge >= 0.3 is 0 Å². The second kappa shape index (κ2) is 5.93. The van der Waals surface area contributed by atoms with Gasteiger partial charge in [0.15, 0.2) is 0 Å². The van der Waals surface area contributed by atoms with Crippen molar-refractivity contribution in [3.8, 4) is 11.4 Å². The van der Waals surface area contributed by atoms with Gasteiger partial charge in [-0.05, 0) is 34.5 Å². The molecule has 0 saturated carbocycles. The molecule has 0 radical (unpaired) electrons. The lowest BCUT2D eigenvalue weighted by atomic mass is 10.2. The molecule has 1 aromatic carbocycles. The van der Waals surface area contributed by atoms with Crippen LogP contribution in [0.3, 0.4) is 0 Å². The van der Waals surface area contributed by atoms with E-state index >= 15 is 0 Å². The van der Waals surface area contributed by atoms with Crippen LogP contribution in [-0.4, -0.2) is 14.1 Å². The van der Waals surface area contributed by atoms with Gasteiger partial charge < -0.3 is 9.13 Å². The third-order valence-electron chi connectivity index (χ3n) is 3.56. The number of imidazole rings is 1. The Morgan fingerprint density at radius 2 is 1.91 bits per heavy atom. The molecule has 0 spiro atoms. The van der Waals surface area contributed by atoms with Crippen molar-refractivity contribution in [2.45, 2.75) is 13.5 Å². The van der Waals surface area contributed by atoms with Gasteiger partial charge in [0.2, 0.25) is 0 Å². The molecule has 5 heteroatoms. The number of pyridine rings is 1. The molecule has 3 aromatic rings. The Morgan fingerprint density at radius 3 is 2.59 bits per heavy atom. The van der Waals surface area contributed by atoms with E-state index in [1.54, 1.807) is 11.6 Å². The SMILES string of the molecule is Cc1cc(-c2nc(Br)cn2Cc2ccccc2)cn(C)c1=O. The highest BCUT2D eigenvalue weighted by molar-refractivity contribution is 9.10. The van der Waals surface area contributed by atoms with E-state index in [0.717, 1.165) is 22.5 Å². The second-order valence-electron chi connectivity index (χ2n) is 5.33. The Kier molecular flexibility index (Phi) is 3.98. The van der Waals surface area contributed by atoms with Crippen molar-refractivity contribution in [1.82, 2.24) is 14.1 Å². The molecule has 0 saturated heterocycles. The summed E-state index contributed by atoms with van der Waals surface area (Å²) >= 11 is 3.44. The molecule has 0 unspecified atom stereocenters. The maximum Gasteiger partial charge on any atom is 0.253 e. The standard InChI is InChI=1S/C17H16BrN3O/c1-12-8-14(10-20(2)17(12)22)16-19-15(18)11-21(16)9-13-6-4-3-5-7-13/h3-8,10-11H,9H2,1-2H3. The highest BCUT2D eigenvalue weighted by Gasteiger charge is 2.11. The smallest absolute Gasteiger partial charge is 0.253 e. The molecule has 3 rings (SSSR count). The zero-order valence-electron chi connectivity index (χ0n) is 12.5. The van der Waals surface area contributed by atoms with Gasteiger partial charge in [-0.25, -0.2) is 4.98 Å². The van der Waals surface area contributed by atoms with E-state index < -0.39 is 0 Å². The predicted molar refractivity (Wildman–Crippen MR) is 90.9 cm³/mol. The van der Waals surface area contributed by atoms with Gasteiger partial charge in [0.25, 0.3) is 5.56 Å². The van der Waals surface area contributed by atoms with Crippen LogP contribution < -0.4 is 5.56 Å². The molecule has 0 fully saturated rings. The zero-order valence-corrected chi connectivity index (χ0v) is 14.0. The van der Waals surface area contributed by atoms with Crippen molar-refractivity contribution in [3.63, 3.8) is 0 Å². The van der Waals surface area contributed by atoms with Gasteiger partial charge in [0.1, 0.15) is 10.4 Å². The maximum atomic E-state index is 11.9. The summed E-state index contributed by atoms with van der Waals surface area (Å²) in [6.07, 6.45) is 3.79. The third-order valence-corrected chi connectivity index (χ3v) is 3.95. The molecule has 4 nitrogen and oxygen atoms in total. The zero-order chi connectivity index (χ0) is 15.7. The Labute approximate surface area is 137 Å². The van der Waals surface area contributed by atoms with E-state index in [2.05, 4.69) is 37.6 Å². The molecule has 0 aliphatic rings. The fourth-order valence-electron chi connectivity index (χ4n) is 2.51. The van der Waals surface area contributed by atoms with Crippen molar-refractivity contribution in [1.29, 1.82) is 0 Å². The summed E-state index contributed by atoms with van der Waals surface area (Å²) in [6, 6.07) is 12.1. The molecule has 0 N–H and O–H groups in total. The minimum atomic E-state index is 0.0176. The molecule has 0 atom stereocenters.